The van der Waals surface area contributed by atoms with Crippen LogP contribution in [0.5, 0.6) is 0 Å². The van der Waals surface area contributed by atoms with Crippen molar-refractivity contribution in [1.82, 2.24) is 5.32 Å². The molecule has 2 aromatic rings. The molecule has 0 radical (unpaired) electrons. The Labute approximate surface area is 156 Å². The van der Waals surface area contributed by atoms with Crippen molar-refractivity contribution in [2.45, 2.75) is 49.3 Å². The van der Waals surface area contributed by atoms with Crippen LogP contribution in [-0.4, -0.2) is 21.5 Å². The number of fused-ring (bicyclic) bond motifs is 1. The van der Waals surface area contributed by atoms with Crippen molar-refractivity contribution in [2.75, 3.05) is 17.8 Å². The summed E-state index contributed by atoms with van der Waals surface area (Å²) in [6.07, 6.45) is 6.51. The first-order valence-corrected chi connectivity index (χ1v) is 11.1. The summed E-state index contributed by atoms with van der Waals surface area (Å²) in [6.45, 7) is 2.07. The van der Waals surface area contributed by atoms with Crippen molar-refractivity contribution in [3.05, 3.63) is 59.2 Å². The maximum absolute atomic E-state index is 12.9. The third kappa shape index (κ3) is 3.64. The summed E-state index contributed by atoms with van der Waals surface area (Å²) >= 11 is 0. The molecule has 0 amide bonds. The van der Waals surface area contributed by atoms with Gasteiger partial charge in [-0.15, -0.1) is 0 Å². The number of nitrogens with one attached hydrogen (secondary N) is 2. The lowest BCUT2D eigenvalue weighted by molar-refractivity contribution is 0.460. The minimum Gasteiger partial charge on any atom is -0.317 e. The molecule has 1 saturated heterocycles. The quantitative estimate of drug-likeness (QED) is 0.860. The van der Waals surface area contributed by atoms with Crippen LogP contribution in [-0.2, 0) is 22.9 Å². The summed E-state index contributed by atoms with van der Waals surface area (Å²) in [5.74, 6) is 0.530. The molecular formula is C21H26N2O2S. The molecule has 1 aliphatic heterocycles. The highest BCUT2D eigenvalue weighted by molar-refractivity contribution is 7.92. The molecule has 2 aliphatic rings. The molecule has 2 aromatic carbocycles. The van der Waals surface area contributed by atoms with E-state index in [1.807, 2.05) is 24.3 Å². The Balaban J connectivity index is 1.55. The molecular weight excluding hydrogens is 344 g/mol. The molecule has 0 aromatic heterocycles. The predicted octanol–water partition coefficient (Wildman–Crippen LogP) is 3.83. The molecule has 1 fully saturated rings. The number of benzene rings is 2. The summed E-state index contributed by atoms with van der Waals surface area (Å²) in [4.78, 5) is 0.337. The molecule has 0 atom stereocenters. The van der Waals surface area contributed by atoms with Crippen molar-refractivity contribution in [2.24, 2.45) is 0 Å². The summed E-state index contributed by atoms with van der Waals surface area (Å²) < 4.78 is 28.5. The molecule has 0 bridgehead atoms. The van der Waals surface area contributed by atoms with E-state index in [4.69, 9.17) is 0 Å². The van der Waals surface area contributed by atoms with Crippen molar-refractivity contribution in [1.29, 1.82) is 0 Å². The van der Waals surface area contributed by atoms with Gasteiger partial charge in [-0.1, -0.05) is 24.3 Å². The van der Waals surface area contributed by atoms with E-state index >= 15 is 0 Å². The molecule has 138 valence electrons. The minimum atomic E-state index is -3.56. The SMILES string of the molecule is O=S(=O)(Nc1cccc2c1CCCC2)c1ccc(C2CCNCC2)cc1. The van der Waals surface area contributed by atoms with Gasteiger partial charge in [0.1, 0.15) is 0 Å². The van der Waals surface area contributed by atoms with Crippen molar-refractivity contribution < 1.29 is 8.42 Å². The second-order valence-corrected chi connectivity index (χ2v) is 9.03. The van der Waals surface area contributed by atoms with E-state index < -0.39 is 10.0 Å². The maximum atomic E-state index is 12.9. The van der Waals surface area contributed by atoms with Crippen LogP contribution in [0.2, 0.25) is 0 Å². The number of piperidine rings is 1. The third-order valence-corrected chi connectivity index (χ3v) is 7.02. The first-order valence-electron chi connectivity index (χ1n) is 9.58. The van der Waals surface area contributed by atoms with Crippen LogP contribution >= 0.6 is 0 Å². The molecule has 1 aliphatic carbocycles. The zero-order chi connectivity index (χ0) is 18.0. The van der Waals surface area contributed by atoms with Gasteiger partial charge in [-0.25, -0.2) is 8.42 Å². The molecule has 0 spiro atoms. The van der Waals surface area contributed by atoms with E-state index in [0.717, 1.165) is 56.4 Å². The Morgan fingerprint density at radius 1 is 0.923 bits per heavy atom. The van der Waals surface area contributed by atoms with E-state index in [-0.39, 0.29) is 0 Å². The number of aryl methyl sites for hydroxylation is 1. The van der Waals surface area contributed by atoms with Gasteiger partial charge >= 0.3 is 0 Å². The minimum absolute atomic E-state index is 0.337. The first kappa shape index (κ1) is 17.6. The Morgan fingerprint density at radius 3 is 2.42 bits per heavy atom. The van der Waals surface area contributed by atoms with E-state index in [0.29, 0.717) is 10.8 Å². The van der Waals surface area contributed by atoms with Gasteiger partial charge in [-0.2, -0.15) is 0 Å². The van der Waals surface area contributed by atoms with Crippen LogP contribution in [0.3, 0.4) is 0 Å². The average molecular weight is 371 g/mol. The van der Waals surface area contributed by atoms with E-state index in [1.54, 1.807) is 12.1 Å². The van der Waals surface area contributed by atoms with Gasteiger partial charge in [0.05, 0.1) is 10.6 Å². The Kier molecular flexibility index (Phi) is 5.00. The highest BCUT2D eigenvalue weighted by Crippen LogP contribution is 2.30. The number of hydrogen-bond donors (Lipinski definition) is 2. The zero-order valence-corrected chi connectivity index (χ0v) is 15.8. The lowest BCUT2D eigenvalue weighted by atomic mass is 9.90. The average Bonchev–Trinajstić information content (AvgIpc) is 2.69. The summed E-state index contributed by atoms with van der Waals surface area (Å²) in [5, 5.41) is 3.37. The normalized spacial score (nSPS) is 18.3. The van der Waals surface area contributed by atoms with Crippen LogP contribution in [0.15, 0.2) is 47.4 Å². The van der Waals surface area contributed by atoms with Gasteiger partial charge in [-0.3, -0.25) is 4.72 Å². The highest BCUT2D eigenvalue weighted by atomic mass is 32.2. The summed E-state index contributed by atoms with van der Waals surface area (Å²) in [5.41, 5.74) is 4.42. The topological polar surface area (TPSA) is 58.2 Å². The van der Waals surface area contributed by atoms with Gasteiger partial charge in [0.2, 0.25) is 0 Å². The molecule has 26 heavy (non-hydrogen) atoms. The van der Waals surface area contributed by atoms with Crippen LogP contribution in [0.1, 0.15) is 48.3 Å². The van der Waals surface area contributed by atoms with Gasteiger partial charge < -0.3 is 5.32 Å². The molecule has 4 nitrogen and oxygen atoms in total. The van der Waals surface area contributed by atoms with Crippen LogP contribution in [0.4, 0.5) is 5.69 Å². The Hall–Kier alpha value is -1.85. The van der Waals surface area contributed by atoms with Gasteiger partial charge in [-0.05, 0) is 92.4 Å². The van der Waals surface area contributed by atoms with Crippen LogP contribution in [0.25, 0.3) is 0 Å². The highest BCUT2D eigenvalue weighted by Gasteiger charge is 2.20. The van der Waals surface area contributed by atoms with Gasteiger partial charge in [0, 0.05) is 0 Å². The van der Waals surface area contributed by atoms with Crippen molar-refractivity contribution >= 4 is 15.7 Å². The Morgan fingerprint density at radius 2 is 1.65 bits per heavy atom. The third-order valence-electron chi connectivity index (χ3n) is 5.64. The molecule has 5 heteroatoms. The van der Waals surface area contributed by atoms with E-state index in [2.05, 4.69) is 16.1 Å². The monoisotopic (exact) mass is 370 g/mol. The molecule has 0 unspecified atom stereocenters. The Bertz CT molecular complexity index is 869. The van der Waals surface area contributed by atoms with Crippen LogP contribution in [0, 0.1) is 0 Å². The second kappa shape index (κ2) is 7.41. The predicted molar refractivity (Wildman–Crippen MR) is 105 cm³/mol. The second-order valence-electron chi connectivity index (χ2n) is 7.35. The fraction of sp³-hybridized carbons (Fsp3) is 0.429. The number of sulfonamides is 1. The maximum Gasteiger partial charge on any atom is 0.261 e. The standard InChI is InChI=1S/C21H26N2O2S/c24-26(25,23-21-7-3-5-18-4-1-2-6-20(18)21)19-10-8-16(9-11-19)17-12-14-22-15-13-17/h3,5,7-11,17,22-23H,1-2,4,6,12-15H2. The lowest BCUT2D eigenvalue weighted by Gasteiger charge is -2.23. The van der Waals surface area contributed by atoms with Gasteiger partial charge in [0.25, 0.3) is 10.0 Å². The van der Waals surface area contributed by atoms with E-state index in [1.165, 1.54) is 17.5 Å². The lowest BCUT2D eigenvalue weighted by Crippen LogP contribution is -2.26. The van der Waals surface area contributed by atoms with Crippen LogP contribution < -0.4 is 10.0 Å². The number of rotatable bonds is 4. The smallest absolute Gasteiger partial charge is 0.261 e. The van der Waals surface area contributed by atoms with Gasteiger partial charge in [0.15, 0.2) is 0 Å². The van der Waals surface area contributed by atoms with Crippen molar-refractivity contribution in [3.8, 4) is 0 Å². The zero-order valence-electron chi connectivity index (χ0n) is 15.0. The molecule has 1 heterocycles. The molecule has 0 saturated carbocycles. The molecule has 4 rings (SSSR count). The van der Waals surface area contributed by atoms with E-state index in [9.17, 15) is 8.42 Å². The molecule has 2 N–H and O–H groups in total. The fourth-order valence-electron chi connectivity index (χ4n) is 4.16. The number of anilines is 1. The fourth-order valence-corrected chi connectivity index (χ4v) is 5.25. The number of hydrogen-bond acceptors (Lipinski definition) is 3. The first-order chi connectivity index (χ1) is 12.6. The summed E-state index contributed by atoms with van der Waals surface area (Å²) in [7, 11) is -3.56. The van der Waals surface area contributed by atoms with Crippen molar-refractivity contribution in [3.63, 3.8) is 0 Å². The summed E-state index contributed by atoms with van der Waals surface area (Å²) in [6, 6.07) is 13.4. The largest absolute Gasteiger partial charge is 0.317 e.